The smallest absolute Gasteiger partial charge is 0.313 e. The monoisotopic (exact) mass is 154 g/mol. The van der Waals surface area contributed by atoms with Crippen LogP contribution in [0, 0.1) is 0 Å². The zero-order valence-electron chi connectivity index (χ0n) is 4.48. The number of hydrogen-bond acceptors (Lipinski definition) is 5. The largest absolute Gasteiger partial charge is 0.395 e. The van der Waals surface area contributed by atoms with Crippen LogP contribution in [0.3, 0.4) is 0 Å². The van der Waals surface area contributed by atoms with E-state index in [4.69, 9.17) is 5.11 Å². The lowest BCUT2D eigenvalue weighted by molar-refractivity contribution is -0.120. The molecule has 0 aromatic carbocycles. The molecule has 0 aromatic rings. The van der Waals surface area contributed by atoms with Gasteiger partial charge in [-0.3, -0.25) is 4.79 Å². The molecular weight excluding hydrogens is 148 g/mol. The average Bonchev–Trinajstić information content (AvgIpc) is 1.64. The number of carbonyl (C=O) groups excluding carboxylic acids is 1. The quantitative estimate of drug-likeness (QED) is 0.393. The lowest BCUT2D eigenvalue weighted by atomic mass is 10.9. The fraction of sp³-hybridized carbons (Fsp3) is 0.667. The zero-order valence-corrected chi connectivity index (χ0v) is 5.30. The van der Waals surface area contributed by atoms with Gasteiger partial charge in [0.05, 0.1) is 6.61 Å². The van der Waals surface area contributed by atoms with E-state index in [9.17, 15) is 13.2 Å². The molecule has 0 bridgehead atoms. The van der Waals surface area contributed by atoms with Crippen LogP contribution in [0.15, 0.2) is 0 Å². The van der Waals surface area contributed by atoms with E-state index in [1.165, 1.54) is 0 Å². The Morgan fingerprint density at radius 3 is 2.44 bits per heavy atom. The normalized spacial score (nSPS) is 10.8. The molecular formula is C3H6O5S. The predicted octanol–water partition coefficient (Wildman–Crippen LogP) is -1.52. The molecule has 0 rings (SSSR count). The molecule has 0 fully saturated rings. The first-order valence-electron chi connectivity index (χ1n) is 2.08. The second-order valence-electron chi connectivity index (χ2n) is 1.18. The summed E-state index contributed by atoms with van der Waals surface area (Å²) in [6, 6.07) is 0. The minimum atomic E-state index is -3.80. The highest BCUT2D eigenvalue weighted by Gasteiger charge is 2.07. The zero-order chi connectivity index (χ0) is 7.33. The van der Waals surface area contributed by atoms with Crippen LogP contribution < -0.4 is 0 Å². The van der Waals surface area contributed by atoms with Crippen LogP contribution in [0.1, 0.15) is 0 Å². The van der Waals surface area contributed by atoms with Gasteiger partial charge in [-0.05, 0) is 0 Å². The van der Waals surface area contributed by atoms with Crippen molar-refractivity contribution in [2.75, 3.05) is 12.4 Å². The minimum absolute atomic E-state index is 0.189. The van der Waals surface area contributed by atoms with Gasteiger partial charge in [-0.2, -0.15) is 8.42 Å². The van der Waals surface area contributed by atoms with Gasteiger partial charge in [0.15, 0.2) is 0 Å². The summed E-state index contributed by atoms with van der Waals surface area (Å²) in [4.78, 5) is 9.41. The molecule has 0 aliphatic heterocycles. The van der Waals surface area contributed by atoms with Gasteiger partial charge >= 0.3 is 16.6 Å². The van der Waals surface area contributed by atoms with E-state index in [2.05, 4.69) is 4.18 Å². The summed E-state index contributed by atoms with van der Waals surface area (Å²) in [5.41, 5.74) is 0. The SMILES string of the molecule is O=COS(=O)(=O)CCO. The van der Waals surface area contributed by atoms with Crippen molar-refractivity contribution < 1.29 is 22.5 Å². The van der Waals surface area contributed by atoms with E-state index in [0.29, 0.717) is 0 Å². The molecule has 0 amide bonds. The standard InChI is InChI=1S/C3H6O5S/c4-1-2-9(6,7)8-3-5/h3-4H,1-2H2. The summed E-state index contributed by atoms with van der Waals surface area (Å²) >= 11 is 0. The van der Waals surface area contributed by atoms with Crippen LogP contribution in [0.4, 0.5) is 0 Å². The molecule has 0 aromatic heterocycles. The second-order valence-corrected chi connectivity index (χ2v) is 2.89. The van der Waals surface area contributed by atoms with Crippen molar-refractivity contribution in [3.05, 3.63) is 0 Å². The maximum Gasteiger partial charge on any atom is 0.313 e. The Bertz CT molecular complexity index is 169. The Hall–Kier alpha value is -0.620. The molecule has 0 heterocycles. The third-order valence-electron chi connectivity index (χ3n) is 0.527. The summed E-state index contributed by atoms with van der Waals surface area (Å²) in [6.07, 6.45) is 0. The number of aliphatic hydroxyl groups is 1. The maximum atomic E-state index is 10.2. The number of rotatable bonds is 4. The first-order valence-corrected chi connectivity index (χ1v) is 3.65. The lowest BCUT2D eigenvalue weighted by Gasteiger charge is -1.94. The number of carbonyl (C=O) groups is 1. The molecule has 6 heteroatoms. The molecule has 0 aliphatic carbocycles. The Labute approximate surface area is 52.4 Å². The summed E-state index contributed by atoms with van der Waals surface area (Å²) in [5, 5.41) is 8.05. The van der Waals surface area contributed by atoms with Crippen molar-refractivity contribution >= 4 is 16.6 Å². The Morgan fingerprint density at radius 1 is 1.56 bits per heavy atom. The van der Waals surface area contributed by atoms with Crippen LogP contribution >= 0.6 is 0 Å². The summed E-state index contributed by atoms with van der Waals surface area (Å²) < 4.78 is 24.0. The van der Waals surface area contributed by atoms with Gasteiger partial charge in [-0.15, -0.1) is 0 Å². The third kappa shape index (κ3) is 3.92. The van der Waals surface area contributed by atoms with Gasteiger partial charge in [-0.25, -0.2) is 0 Å². The fourth-order valence-electron chi connectivity index (χ4n) is 0.220. The molecule has 9 heavy (non-hydrogen) atoms. The van der Waals surface area contributed by atoms with Gasteiger partial charge in [-0.1, -0.05) is 0 Å². The van der Waals surface area contributed by atoms with E-state index in [1.807, 2.05) is 0 Å². The first-order chi connectivity index (χ1) is 4.12. The highest BCUT2D eigenvalue weighted by molar-refractivity contribution is 7.87. The van der Waals surface area contributed by atoms with Gasteiger partial charge in [0.25, 0.3) is 0 Å². The summed E-state index contributed by atoms with van der Waals surface area (Å²) in [6.45, 7) is -0.735. The lowest BCUT2D eigenvalue weighted by Crippen LogP contribution is -2.12. The highest BCUT2D eigenvalue weighted by Crippen LogP contribution is 1.87. The van der Waals surface area contributed by atoms with Gasteiger partial charge in [0.2, 0.25) is 0 Å². The van der Waals surface area contributed by atoms with E-state index >= 15 is 0 Å². The fourth-order valence-corrected chi connectivity index (χ4v) is 0.659. The Morgan fingerprint density at radius 2 is 2.11 bits per heavy atom. The van der Waals surface area contributed by atoms with Crippen LogP contribution in [0.5, 0.6) is 0 Å². The van der Waals surface area contributed by atoms with Crippen molar-refractivity contribution in [2.45, 2.75) is 0 Å². The number of aliphatic hydroxyl groups excluding tert-OH is 1. The molecule has 0 spiro atoms. The second kappa shape index (κ2) is 3.41. The van der Waals surface area contributed by atoms with Crippen LogP contribution in [0.2, 0.25) is 0 Å². The molecule has 5 nitrogen and oxygen atoms in total. The van der Waals surface area contributed by atoms with E-state index in [1.54, 1.807) is 0 Å². The van der Waals surface area contributed by atoms with E-state index in [-0.39, 0.29) is 6.47 Å². The molecule has 0 unspecified atom stereocenters. The predicted molar refractivity (Wildman–Crippen MR) is 28.0 cm³/mol. The minimum Gasteiger partial charge on any atom is -0.395 e. The first kappa shape index (κ1) is 8.38. The Kier molecular flexibility index (Phi) is 3.18. The van der Waals surface area contributed by atoms with E-state index < -0.39 is 22.5 Å². The molecule has 0 aliphatic rings. The van der Waals surface area contributed by atoms with Crippen molar-refractivity contribution in [1.29, 1.82) is 0 Å². The van der Waals surface area contributed by atoms with Gasteiger partial charge in [0.1, 0.15) is 5.75 Å². The Balaban J connectivity index is 3.88. The van der Waals surface area contributed by atoms with Crippen LogP contribution in [0.25, 0.3) is 0 Å². The van der Waals surface area contributed by atoms with Crippen molar-refractivity contribution in [3.63, 3.8) is 0 Å². The molecule has 0 radical (unpaired) electrons. The summed E-state index contributed by atoms with van der Waals surface area (Å²) in [5.74, 6) is -0.550. The summed E-state index contributed by atoms with van der Waals surface area (Å²) in [7, 11) is -3.80. The topological polar surface area (TPSA) is 80.7 Å². The molecule has 1 N–H and O–H groups in total. The molecule has 0 saturated heterocycles. The molecule has 0 saturated carbocycles. The van der Waals surface area contributed by atoms with Crippen molar-refractivity contribution in [1.82, 2.24) is 0 Å². The van der Waals surface area contributed by atoms with Crippen LogP contribution in [-0.2, 0) is 19.1 Å². The number of hydrogen-bond donors (Lipinski definition) is 1. The third-order valence-corrected chi connectivity index (χ3v) is 1.58. The average molecular weight is 154 g/mol. The molecule has 0 atom stereocenters. The van der Waals surface area contributed by atoms with Gasteiger partial charge < -0.3 is 9.29 Å². The van der Waals surface area contributed by atoms with Crippen molar-refractivity contribution in [3.8, 4) is 0 Å². The van der Waals surface area contributed by atoms with E-state index in [0.717, 1.165) is 0 Å². The van der Waals surface area contributed by atoms with Crippen LogP contribution in [-0.4, -0.2) is 32.4 Å². The van der Waals surface area contributed by atoms with Gasteiger partial charge in [0, 0.05) is 0 Å². The van der Waals surface area contributed by atoms with Crippen molar-refractivity contribution in [2.24, 2.45) is 0 Å². The maximum absolute atomic E-state index is 10.2. The molecule has 54 valence electrons. The highest BCUT2D eigenvalue weighted by atomic mass is 32.2.